The van der Waals surface area contributed by atoms with Gasteiger partial charge < -0.3 is 10.4 Å². The molecule has 1 heterocycles. The summed E-state index contributed by atoms with van der Waals surface area (Å²) in [6, 6.07) is 0. The van der Waals surface area contributed by atoms with Crippen molar-refractivity contribution >= 4 is 34.2 Å². The van der Waals surface area contributed by atoms with E-state index in [1.807, 2.05) is 0 Å². The van der Waals surface area contributed by atoms with Crippen molar-refractivity contribution in [3.05, 3.63) is 0 Å². The molecule has 0 aromatic carbocycles. The highest BCUT2D eigenvalue weighted by molar-refractivity contribution is 8.01. The Hall–Kier alpha value is -0.820. The summed E-state index contributed by atoms with van der Waals surface area (Å²) in [4.78, 5) is 10.4. The number of rotatable bonds is 8. The minimum absolute atomic E-state index is 0.0380. The van der Waals surface area contributed by atoms with E-state index < -0.39 is 5.97 Å². The second-order valence-electron chi connectivity index (χ2n) is 4.78. The summed E-state index contributed by atoms with van der Waals surface area (Å²) in [6.07, 6.45) is 8.06. The first-order valence-electron chi connectivity index (χ1n) is 6.66. The lowest BCUT2D eigenvalue weighted by Gasteiger charge is -2.08. The number of carbonyl (C=O) groups is 1. The van der Waals surface area contributed by atoms with Gasteiger partial charge in [-0.25, -0.2) is 0 Å². The van der Waals surface area contributed by atoms with Crippen LogP contribution in [-0.4, -0.2) is 33.6 Å². The van der Waals surface area contributed by atoms with Gasteiger partial charge in [-0.3, -0.25) is 4.79 Å². The molecule has 7 heteroatoms. The maximum absolute atomic E-state index is 10.4. The first-order valence-corrected chi connectivity index (χ1v) is 8.46. The Bertz CT molecular complexity index is 405. The van der Waals surface area contributed by atoms with E-state index in [1.54, 1.807) is 0 Å². The minimum Gasteiger partial charge on any atom is -0.481 e. The van der Waals surface area contributed by atoms with Crippen LogP contribution < -0.4 is 5.32 Å². The van der Waals surface area contributed by atoms with Crippen LogP contribution in [0.1, 0.15) is 38.5 Å². The van der Waals surface area contributed by atoms with E-state index >= 15 is 0 Å². The molecular formula is C12H19N3O2S2. The molecule has 2 N–H and O–H groups in total. The van der Waals surface area contributed by atoms with E-state index in [1.165, 1.54) is 61.6 Å². The average molecular weight is 301 g/mol. The third-order valence-corrected chi connectivity index (χ3v) is 5.26. The highest BCUT2D eigenvalue weighted by Crippen LogP contribution is 2.29. The highest BCUT2D eigenvalue weighted by atomic mass is 32.2. The van der Waals surface area contributed by atoms with E-state index in [0.717, 1.165) is 17.6 Å². The van der Waals surface area contributed by atoms with E-state index in [4.69, 9.17) is 5.11 Å². The van der Waals surface area contributed by atoms with E-state index in [0.29, 0.717) is 4.34 Å². The Morgan fingerprint density at radius 1 is 1.42 bits per heavy atom. The number of hydrogen-bond acceptors (Lipinski definition) is 6. The fourth-order valence-corrected chi connectivity index (χ4v) is 3.85. The van der Waals surface area contributed by atoms with Gasteiger partial charge in [0.25, 0.3) is 0 Å². The summed E-state index contributed by atoms with van der Waals surface area (Å²) in [7, 11) is 0. The van der Waals surface area contributed by atoms with Crippen molar-refractivity contribution in [1.29, 1.82) is 0 Å². The van der Waals surface area contributed by atoms with Crippen LogP contribution >= 0.6 is 23.1 Å². The van der Waals surface area contributed by atoms with Crippen LogP contribution in [-0.2, 0) is 4.79 Å². The van der Waals surface area contributed by atoms with Crippen molar-refractivity contribution in [2.24, 2.45) is 5.92 Å². The average Bonchev–Trinajstić information content (AvgIpc) is 3.04. The van der Waals surface area contributed by atoms with Gasteiger partial charge >= 0.3 is 5.97 Å². The van der Waals surface area contributed by atoms with E-state index in [-0.39, 0.29) is 5.75 Å². The molecule has 0 saturated heterocycles. The summed E-state index contributed by atoms with van der Waals surface area (Å²) < 4.78 is 0.709. The molecule has 106 valence electrons. The number of nitrogens with one attached hydrogen (secondary N) is 1. The Kier molecular flexibility index (Phi) is 5.91. The number of nitrogens with zero attached hydrogens (tertiary/aromatic N) is 2. The number of carboxylic acid groups (broad SMARTS) is 1. The minimum atomic E-state index is -0.828. The summed E-state index contributed by atoms with van der Waals surface area (Å²) in [6.45, 7) is 0.925. The first-order chi connectivity index (χ1) is 9.24. The molecule has 0 radical (unpaired) electrons. The Labute approximate surface area is 121 Å². The molecule has 2 rings (SSSR count). The Morgan fingerprint density at radius 3 is 2.95 bits per heavy atom. The molecule has 0 amide bonds. The number of anilines is 1. The molecule has 1 saturated carbocycles. The summed E-state index contributed by atoms with van der Waals surface area (Å²) >= 11 is 2.64. The first kappa shape index (κ1) is 14.6. The smallest absolute Gasteiger partial charge is 0.313 e. The summed E-state index contributed by atoms with van der Waals surface area (Å²) in [5, 5.41) is 20.6. The maximum Gasteiger partial charge on any atom is 0.313 e. The quantitative estimate of drug-likeness (QED) is 0.567. The van der Waals surface area contributed by atoms with Gasteiger partial charge in [0.15, 0.2) is 4.34 Å². The van der Waals surface area contributed by atoms with Crippen molar-refractivity contribution in [2.75, 3.05) is 17.6 Å². The third-order valence-electron chi connectivity index (χ3n) is 3.27. The predicted octanol–water partition coefficient (Wildman–Crippen LogP) is 3.10. The van der Waals surface area contributed by atoms with Crippen LogP contribution in [0.4, 0.5) is 5.13 Å². The molecule has 0 unspecified atom stereocenters. The zero-order chi connectivity index (χ0) is 13.5. The lowest BCUT2D eigenvalue weighted by molar-refractivity contribution is -0.133. The van der Waals surface area contributed by atoms with Gasteiger partial charge in [-0.1, -0.05) is 48.8 Å². The van der Waals surface area contributed by atoms with E-state index in [2.05, 4.69) is 15.5 Å². The second-order valence-corrected chi connectivity index (χ2v) is 6.98. The zero-order valence-corrected chi connectivity index (χ0v) is 12.4. The fraction of sp³-hybridized carbons (Fsp3) is 0.750. The van der Waals surface area contributed by atoms with Crippen molar-refractivity contribution in [3.63, 3.8) is 0 Å². The molecule has 0 spiro atoms. The molecule has 0 bridgehead atoms. The number of aliphatic carboxylic acids is 1. The van der Waals surface area contributed by atoms with Crippen molar-refractivity contribution < 1.29 is 9.90 Å². The number of hydrogen-bond donors (Lipinski definition) is 2. The van der Waals surface area contributed by atoms with Crippen LogP contribution in [0, 0.1) is 5.92 Å². The summed E-state index contributed by atoms with van der Waals surface area (Å²) in [5.41, 5.74) is 0. The van der Waals surface area contributed by atoms with Gasteiger partial charge in [0.1, 0.15) is 0 Å². The van der Waals surface area contributed by atoms with Gasteiger partial charge in [0.2, 0.25) is 5.13 Å². The largest absolute Gasteiger partial charge is 0.481 e. The molecule has 19 heavy (non-hydrogen) atoms. The van der Waals surface area contributed by atoms with Crippen molar-refractivity contribution in [2.45, 2.75) is 42.9 Å². The van der Waals surface area contributed by atoms with Gasteiger partial charge in [-0.2, -0.15) is 0 Å². The Morgan fingerprint density at radius 2 is 2.21 bits per heavy atom. The molecule has 0 atom stereocenters. The van der Waals surface area contributed by atoms with E-state index in [9.17, 15) is 4.79 Å². The van der Waals surface area contributed by atoms with Gasteiger partial charge in [0.05, 0.1) is 5.75 Å². The van der Waals surface area contributed by atoms with Gasteiger partial charge in [-0.15, -0.1) is 10.2 Å². The lowest BCUT2D eigenvalue weighted by Crippen LogP contribution is -2.03. The number of thioether (sulfide) groups is 1. The zero-order valence-electron chi connectivity index (χ0n) is 10.8. The third kappa shape index (κ3) is 5.36. The molecule has 1 aliphatic carbocycles. The Balaban J connectivity index is 1.61. The SMILES string of the molecule is O=C(O)CSc1nnc(NCCCC2CCCC2)s1. The number of carboxylic acids is 1. The summed E-state index contributed by atoms with van der Waals surface area (Å²) in [5.74, 6) is 0.139. The standard InChI is InChI=1S/C12H19N3O2S2/c16-10(17)8-18-12-15-14-11(19-12)13-7-3-6-9-4-1-2-5-9/h9H,1-8H2,(H,13,14)(H,16,17). The lowest BCUT2D eigenvalue weighted by atomic mass is 10.0. The molecule has 1 aromatic heterocycles. The van der Waals surface area contributed by atoms with Crippen molar-refractivity contribution in [1.82, 2.24) is 10.2 Å². The fourth-order valence-electron chi connectivity index (χ4n) is 2.35. The number of aromatic nitrogens is 2. The van der Waals surface area contributed by atoms with Crippen LogP contribution in [0.3, 0.4) is 0 Å². The van der Waals surface area contributed by atoms with Gasteiger partial charge in [-0.05, 0) is 18.8 Å². The van der Waals surface area contributed by atoms with Gasteiger partial charge in [0, 0.05) is 6.54 Å². The molecule has 5 nitrogen and oxygen atoms in total. The molecule has 1 fully saturated rings. The predicted molar refractivity (Wildman–Crippen MR) is 78.0 cm³/mol. The second kappa shape index (κ2) is 7.69. The molecule has 0 aliphatic heterocycles. The van der Waals surface area contributed by atoms with Crippen LogP contribution in [0.5, 0.6) is 0 Å². The normalized spacial score (nSPS) is 15.8. The highest BCUT2D eigenvalue weighted by Gasteiger charge is 2.14. The topological polar surface area (TPSA) is 75.1 Å². The maximum atomic E-state index is 10.4. The van der Waals surface area contributed by atoms with Crippen LogP contribution in [0.15, 0.2) is 4.34 Å². The molecule has 1 aliphatic rings. The van der Waals surface area contributed by atoms with Crippen LogP contribution in [0.25, 0.3) is 0 Å². The van der Waals surface area contributed by atoms with Crippen LogP contribution in [0.2, 0.25) is 0 Å². The van der Waals surface area contributed by atoms with Crippen molar-refractivity contribution in [3.8, 4) is 0 Å². The monoisotopic (exact) mass is 301 g/mol. The molecular weight excluding hydrogens is 282 g/mol. The molecule has 1 aromatic rings.